The lowest BCUT2D eigenvalue weighted by Gasteiger charge is -2.27. The smallest absolute Gasteiger partial charge is 0.319 e. The molecule has 1 aromatic carbocycles. The van der Waals surface area contributed by atoms with Crippen LogP contribution in [0.4, 0.5) is 16.2 Å². The lowest BCUT2D eigenvalue weighted by atomic mass is 9.98. The van der Waals surface area contributed by atoms with Gasteiger partial charge in [-0.1, -0.05) is 18.2 Å². The molecule has 2 heterocycles. The number of fused-ring (bicyclic) bond motifs is 1. The third-order valence-corrected chi connectivity index (χ3v) is 3.57. The molecule has 0 fully saturated rings. The van der Waals surface area contributed by atoms with Crippen LogP contribution >= 0.6 is 0 Å². The Balaban J connectivity index is 1.49. The number of carbonyl (C=O) groups is 1. The number of aromatic nitrogens is 1. The number of hydrogen-bond donors (Lipinski definition) is 3. The van der Waals surface area contributed by atoms with Gasteiger partial charge in [0, 0.05) is 24.5 Å². The highest BCUT2D eigenvalue weighted by Gasteiger charge is 2.17. The molecule has 0 saturated heterocycles. The van der Waals surface area contributed by atoms with Crippen LogP contribution in [0.1, 0.15) is 12.0 Å². The molecule has 0 saturated carbocycles. The molecule has 1 aliphatic heterocycles. The number of hydrogen-bond acceptors (Lipinski definition) is 3. The summed E-state index contributed by atoms with van der Waals surface area (Å²) in [5, 5.41) is 9.11. The summed E-state index contributed by atoms with van der Waals surface area (Å²) < 4.78 is 0. The van der Waals surface area contributed by atoms with Crippen LogP contribution in [0.5, 0.6) is 0 Å². The van der Waals surface area contributed by atoms with E-state index < -0.39 is 0 Å². The molecular formula is C16H18N4O. The van der Waals surface area contributed by atoms with Gasteiger partial charge in [0.05, 0.1) is 11.9 Å². The third kappa shape index (κ3) is 3.51. The van der Waals surface area contributed by atoms with Gasteiger partial charge in [0.1, 0.15) is 0 Å². The van der Waals surface area contributed by atoms with Crippen molar-refractivity contribution in [2.75, 3.05) is 17.2 Å². The Bertz CT molecular complexity index is 615. The Morgan fingerprint density at radius 1 is 1.29 bits per heavy atom. The lowest BCUT2D eigenvalue weighted by Crippen LogP contribution is -2.40. The SMILES string of the molecule is O=C(NC[C@H]1CCc2ccccc2N1)Nc1cccnc1. The number of para-hydroxylation sites is 1. The summed E-state index contributed by atoms with van der Waals surface area (Å²) in [5.41, 5.74) is 3.20. The minimum absolute atomic E-state index is 0.205. The second kappa shape index (κ2) is 6.26. The maximum atomic E-state index is 11.8. The maximum absolute atomic E-state index is 11.8. The molecule has 1 aliphatic rings. The fraction of sp³-hybridized carbons (Fsp3) is 0.250. The van der Waals surface area contributed by atoms with E-state index in [9.17, 15) is 4.79 Å². The fourth-order valence-electron chi connectivity index (χ4n) is 2.48. The molecule has 5 heteroatoms. The van der Waals surface area contributed by atoms with Crippen molar-refractivity contribution in [2.24, 2.45) is 0 Å². The standard InChI is InChI=1S/C16H18N4O/c21-16(20-13-5-3-9-17-10-13)18-11-14-8-7-12-4-1-2-6-15(12)19-14/h1-6,9-10,14,19H,7-8,11H2,(H2,18,20,21)/t14-/m1/s1. The summed E-state index contributed by atoms with van der Waals surface area (Å²) in [5.74, 6) is 0. The Kier molecular flexibility index (Phi) is 4.00. The van der Waals surface area contributed by atoms with E-state index in [1.165, 1.54) is 11.3 Å². The van der Waals surface area contributed by atoms with E-state index in [0.717, 1.165) is 12.8 Å². The molecule has 1 atom stereocenters. The molecule has 0 radical (unpaired) electrons. The molecule has 2 aromatic rings. The van der Waals surface area contributed by atoms with Gasteiger partial charge >= 0.3 is 6.03 Å². The average Bonchev–Trinajstić information content (AvgIpc) is 2.54. The molecule has 3 rings (SSSR count). The molecular weight excluding hydrogens is 264 g/mol. The summed E-state index contributed by atoms with van der Waals surface area (Å²) >= 11 is 0. The number of carbonyl (C=O) groups excluding carboxylic acids is 1. The summed E-state index contributed by atoms with van der Waals surface area (Å²) in [6.45, 7) is 0.598. The maximum Gasteiger partial charge on any atom is 0.319 e. The minimum Gasteiger partial charge on any atom is -0.380 e. The van der Waals surface area contributed by atoms with E-state index in [1.54, 1.807) is 18.5 Å². The van der Waals surface area contributed by atoms with Crippen LogP contribution < -0.4 is 16.0 Å². The predicted molar refractivity (Wildman–Crippen MR) is 83.4 cm³/mol. The zero-order valence-corrected chi connectivity index (χ0v) is 11.7. The molecule has 0 aliphatic carbocycles. The first-order valence-electron chi connectivity index (χ1n) is 7.10. The van der Waals surface area contributed by atoms with Crippen molar-refractivity contribution in [2.45, 2.75) is 18.9 Å². The van der Waals surface area contributed by atoms with Crippen molar-refractivity contribution in [3.8, 4) is 0 Å². The topological polar surface area (TPSA) is 66.1 Å². The van der Waals surface area contributed by atoms with Crippen molar-refractivity contribution in [3.05, 3.63) is 54.4 Å². The number of nitrogens with one attached hydrogen (secondary N) is 3. The molecule has 1 aromatic heterocycles. The summed E-state index contributed by atoms with van der Waals surface area (Å²) in [7, 11) is 0. The van der Waals surface area contributed by atoms with Gasteiger partial charge in [-0.2, -0.15) is 0 Å². The van der Waals surface area contributed by atoms with Crippen molar-refractivity contribution >= 4 is 17.4 Å². The quantitative estimate of drug-likeness (QED) is 0.810. The number of benzene rings is 1. The van der Waals surface area contributed by atoms with E-state index in [4.69, 9.17) is 0 Å². The molecule has 5 nitrogen and oxygen atoms in total. The van der Waals surface area contributed by atoms with Crippen LogP contribution in [0.2, 0.25) is 0 Å². The first kappa shape index (κ1) is 13.4. The van der Waals surface area contributed by atoms with E-state index in [0.29, 0.717) is 12.2 Å². The fourth-order valence-corrected chi connectivity index (χ4v) is 2.48. The van der Waals surface area contributed by atoms with Gasteiger partial charge in [0.15, 0.2) is 0 Å². The zero-order valence-electron chi connectivity index (χ0n) is 11.7. The van der Waals surface area contributed by atoms with Crippen molar-refractivity contribution < 1.29 is 4.79 Å². The van der Waals surface area contributed by atoms with Crippen LogP contribution in [-0.4, -0.2) is 23.6 Å². The second-order valence-corrected chi connectivity index (χ2v) is 5.11. The van der Waals surface area contributed by atoms with Crippen molar-refractivity contribution in [1.29, 1.82) is 0 Å². The van der Waals surface area contributed by atoms with Crippen molar-refractivity contribution in [3.63, 3.8) is 0 Å². The van der Waals surface area contributed by atoms with Gasteiger partial charge in [0.2, 0.25) is 0 Å². The Morgan fingerprint density at radius 3 is 3.05 bits per heavy atom. The van der Waals surface area contributed by atoms with E-state index in [-0.39, 0.29) is 12.1 Å². The molecule has 21 heavy (non-hydrogen) atoms. The van der Waals surface area contributed by atoms with Gasteiger partial charge in [-0.25, -0.2) is 4.79 Å². The number of anilines is 2. The molecule has 3 N–H and O–H groups in total. The first-order chi connectivity index (χ1) is 10.3. The molecule has 0 unspecified atom stereocenters. The summed E-state index contributed by atoms with van der Waals surface area (Å²) in [4.78, 5) is 15.8. The number of nitrogens with zero attached hydrogens (tertiary/aromatic N) is 1. The number of amides is 2. The van der Waals surface area contributed by atoms with E-state index in [1.807, 2.05) is 12.1 Å². The molecule has 108 valence electrons. The van der Waals surface area contributed by atoms with Gasteiger partial charge in [-0.15, -0.1) is 0 Å². The highest BCUT2D eigenvalue weighted by molar-refractivity contribution is 5.89. The van der Waals surface area contributed by atoms with Gasteiger partial charge in [-0.3, -0.25) is 4.98 Å². The first-order valence-corrected chi connectivity index (χ1v) is 7.10. The van der Waals surface area contributed by atoms with Gasteiger partial charge in [-0.05, 0) is 36.6 Å². The highest BCUT2D eigenvalue weighted by Crippen LogP contribution is 2.23. The average molecular weight is 282 g/mol. The van der Waals surface area contributed by atoms with Crippen LogP contribution in [0.15, 0.2) is 48.8 Å². The largest absolute Gasteiger partial charge is 0.380 e. The molecule has 0 bridgehead atoms. The van der Waals surface area contributed by atoms with Gasteiger partial charge in [0.25, 0.3) is 0 Å². The van der Waals surface area contributed by atoms with Crippen LogP contribution in [0.25, 0.3) is 0 Å². The van der Waals surface area contributed by atoms with E-state index >= 15 is 0 Å². The number of urea groups is 1. The van der Waals surface area contributed by atoms with Gasteiger partial charge < -0.3 is 16.0 Å². The zero-order chi connectivity index (χ0) is 14.5. The van der Waals surface area contributed by atoms with Crippen LogP contribution in [0, 0.1) is 0 Å². The predicted octanol–water partition coefficient (Wildman–Crippen LogP) is 2.63. The summed E-state index contributed by atoms with van der Waals surface area (Å²) in [6, 6.07) is 12.0. The third-order valence-electron chi connectivity index (χ3n) is 3.57. The number of aryl methyl sites for hydroxylation is 1. The Morgan fingerprint density at radius 2 is 2.19 bits per heavy atom. The van der Waals surface area contributed by atoms with Crippen molar-refractivity contribution in [1.82, 2.24) is 10.3 Å². The normalized spacial score (nSPS) is 16.5. The number of rotatable bonds is 3. The molecule has 2 amide bonds. The highest BCUT2D eigenvalue weighted by atomic mass is 16.2. The van der Waals surface area contributed by atoms with E-state index in [2.05, 4.69) is 39.1 Å². The second-order valence-electron chi connectivity index (χ2n) is 5.11. The monoisotopic (exact) mass is 282 g/mol. The Labute approximate surface area is 123 Å². The number of pyridine rings is 1. The lowest BCUT2D eigenvalue weighted by molar-refractivity contribution is 0.251. The minimum atomic E-state index is -0.205. The van der Waals surface area contributed by atoms with Crippen LogP contribution in [-0.2, 0) is 6.42 Å². The Hall–Kier alpha value is -2.56. The summed E-state index contributed by atoms with van der Waals surface area (Å²) in [6.07, 6.45) is 5.35. The van der Waals surface area contributed by atoms with Crippen LogP contribution in [0.3, 0.4) is 0 Å². The molecule has 0 spiro atoms.